The van der Waals surface area contributed by atoms with Crippen molar-refractivity contribution in [3.63, 3.8) is 0 Å². The van der Waals surface area contributed by atoms with Gasteiger partial charge in [-0.3, -0.25) is 4.79 Å². The van der Waals surface area contributed by atoms with Crippen LogP contribution in [-0.4, -0.2) is 9.97 Å². The molecule has 104 valence electrons. The summed E-state index contributed by atoms with van der Waals surface area (Å²) in [6.07, 6.45) is 0. The van der Waals surface area contributed by atoms with Crippen LogP contribution in [-0.2, 0) is 5.88 Å². The Kier molecular flexibility index (Phi) is 2.83. The van der Waals surface area contributed by atoms with Crippen molar-refractivity contribution in [3.05, 3.63) is 51.9 Å². The predicted molar refractivity (Wildman–Crippen MR) is 85.0 cm³/mol. The maximum absolute atomic E-state index is 12.2. The molecule has 0 saturated carbocycles. The summed E-state index contributed by atoms with van der Waals surface area (Å²) in [5, 5.41) is 3.45. The summed E-state index contributed by atoms with van der Waals surface area (Å²) in [5.41, 5.74) is 1.38. The monoisotopic (exact) mass is 316 g/mol. The highest BCUT2D eigenvalue weighted by Gasteiger charge is 2.15. The van der Waals surface area contributed by atoms with E-state index in [9.17, 15) is 4.79 Å². The molecule has 21 heavy (non-hydrogen) atoms. The van der Waals surface area contributed by atoms with Crippen LogP contribution in [0.5, 0.6) is 0 Å². The molecule has 4 nitrogen and oxygen atoms in total. The summed E-state index contributed by atoms with van der Waals surface area (Å²) < 4.78 is 5.83. The average Bonchev–Trinajstić information content (AvgIpc) is 3.10. The Morgan fingerprint density at radius 3 is 3.00 bits per heavy atom. The molecule has 0 aliphatic carbocycles. The number of alkyl halides is 1. The van der Waals surface area contributed by atoms with E-state index < -0.39 is 0 Å². The molecule has 1 N–H and O–H groups in total. The SMILES string of the molecule is O=c1[nH]c(CCl)nc2scc(-c3cc4ccccc4o3)c12. The van der Waals surface area contributed by atoms with E-state index in [1.165, 1.54) is 11.3 Å². The van der Waals surface area contributed by atoms with E-state index in [0.29, 0.717) is 21.8 Å². The second kappa shape index (κ2) is 4.72. The lowest BCUT2D eigenvalue weighted by Gasteiger charge is -1.96. The van der Waals surface area contributed by atoms with Crippen molar-refractivity contribution in [2.75, 3.05) is 0 Å². The molecule has 0 aliphatic rings. The van der Waals surface area contributed by atoms with Crippen LogP contribution in [0.3, 0.4) is 0 Å². The first-order chi connectivity index (χ1) is 10.3. The summed E-state index contributed by atoms with van der Waals surface area (Å²) in [7, 11) is 0. The molecule has 3 aromatic heterocycles. The first kappa shape index (κ1) is 12.6. The van der Waals surface area contributed by atoms with Gasteiger partial charge in [-0.2, -0.15) is 0 Å². The van der Waals surface area contributed by atoms with Crippen LogP contribution in [0, 0.1) is 0 Å². The molecule has 6 heteroatoms. The molecule has 1 aromatic carbocycles. The number of aromatic nitrogens is 2. The molecule has 0 spiro atoms. The number of benzene rings is 1. The maximum Gasteiger partial charge on any atom is 0.260 e. The smallest absolute Gasteiger partial charge is 0.260 e. The number of para-hydroxylation sites is 1. The third-order valence-electron chi connectivity index (χ3n) is 3.31. The third kappa shape index (κ3) is 1.97. The third-order valence-corrected chi connectivity index (χ3v) is 4.44. The van der Waals surface area contributed by atoms with E-state index in [2.05, 4.69) is 9.97 Å². The zero-order valence-corrected chi connectivity index (χ0v) is 12.3. The number of rotatable bonds is 2. The Bertz CT molecular complexity index is 982. The number of fused-ring (bicyclic) bond motifs is 2. The first-order valence-electron chi connectivity index (χ1n) is 6.31. The Morgan fingerprint density at radius 1 is 1.33 bits per heavy atom. The van der Waals surface area contributed by atoms with E-state index in [4.69, 9.17) is 16.0 Å². The Labute approximate surface area is 128 Å². The van der Waals surface area contributed by atoms with Gasteiger partial charge in [0.2, 0.25) is 0 Å². The Hall–Kier alpha value is -2.11. The molecular weight excluding hydrogens is 308 g/mol. The van der Waals surface area contributed by atoms with Crippen molar-refractivity contribution >= 4 is 44.1 Å². The van der Waals surface area contributed by atoms with Crippen LogP contribution in [0.2, 0.25) is 0 Å². The highest BCUT2D eigenvalue weighted by atomic mass is 35.5. The highest BCUT2D eigenvalue weighted by Crippen LogP contribution is 2.34. The maximum atomic E-state index is 12.2. The lowest BCUT2D eigenvalue weighted by Crippen LogP contribution is -2.10. The number of aromatic amines is 1. The fraction of sp³-hybridized carbons (Fsp3) is 0.0667. The molecule has 0 aliphatic heterocycles. The minimum absolute atomic E-state index is 0.184. The van der Waals surface area contributed by atoms with Gasteiger partial charge >= 0.3 is 0 Å². The van der Waals surface area contributed by atoms with Crippen molar-refractivity contribution in [3.8, 4) is 11.3 Å². The molecule has 0 unspecified atom stereocenters. The molecule has 4 rings (SSSR count). The summed E-state index contributed by atoms with van der Waals surface area (Å²) >= 11 is 7.14. The second-order valence-corrected chi connectivity index (χ2v) is 5.75. The minimum Gasteiger partial charge on any atom is -0.456 e. The highest BCUT2D eigenvalue weighted by molar-refractivity contribution is 7.17. The van der Waals surface area contributed by atoms with Crippen molar-refractivity contribution in [1.29, 1.82) is 0 Å². The molecule has 3 heterocycles. The van der Waals surface area contributed by atoms with Gasteiger partial charge in [0.05, 0.1) is 11.3 Å². The summed E-state index contributed by atoms with van der Waals surface area (Å²) in [4.78, 5) is 20.0. The molecular formula is C15H9ClN2O2S. The molecule has 0 amide bonds. The summed E-state index contributed by atoms with van der Waals surface area (Å²) in [6, 6.07) is 9.69. The second-order valence-electron chi connectivity index (χ2n) is 4.62. The number of hydrogen-bond donors (Lipinski definition) is 1. The van der Waals surface area contributed by atoms with Crippen molar-refractivity contribution in [2.45, 2.75) is 5.88 Å². The average molecular weight is 317 g/mol. The molecule has 4 aromatic rings. The predicted octanol–water partition coefficient (Wildman–Crippen LogP) is 4.14. The van der Waals surface area contributed by atoms with Gasteiger partial charge in [-0.1, -0.05) is 18.2 Å². The number of H-pyrrole nitrogens is 1. The Balaban J connectivity index is 2.00. The first-order valence-corrected chi connectivity index (χ1v) is 7.73. The molecule has 0 bridgehead atoms. The quantitative estimate of drug-likeness (QED) is 0.565. The van der Waals surface area contributed by atoms with Gasteiger partial charge < -0.3 is 9.40 Å². The number of furan rings is 1. The van der Waals surface area contributed by atoms with E-state index in [0.717, 1.165) is 16.5 Å². The van der Waals surface area contributed by atoms with E-state index in [1.807, 2.05) is 35.7 Å². The van der Waals surface area contributed by atoms with Crippen LogP contribution in [0.15, 0.2) is 44.9 Å². The number of nitrogens with one attached hydrogen (secondary N) is 1. The lowest BCUT2D eigenvalue weighted by molar-refractivity contribution is 0.632. The van der Waals surface area contributed by atoms with Gasteiger partial charge in [0, 0.05) is 16.3 Å². The number of halogens is 1. The van der Waals surface area contributed by atoms with E-state index in [-0.39, 0.29) is 11.4 Å². The van der Waals surface area contributed by atoms with Crippen LogP contribution in [0.25, 0.3) is 32.5 Å². The molecule has 0 fully saturated rings. The zero-order valence-electron chi connectivity index (χ0n) is 10.7. The molecule has 0 saturated heterocycles. The number of thiophene rings is 1. The summed E-state index contributed by atoms with van der Waals surface area (Å²) in [5.74, 6) is 1.34. The van der Waals surface area contributed by atoms with Gasteiger partial charge in [0.15, 0.2) is 0 Å². The number of hydrogen-bond acceptors (Lipinski definition) is 4. The largest absolute Gasteiger partial charge is 0.456 e. The van der Waals surface area contributed by atoms with Crippen LogP contribution in [0.1, 0.15) is 5.82 Å². The zero-order chi connectivity index (χ0) is 14.4. The van der Waals surface area contributed by atoms with Gasteiger partial charge in [0.25, 0.3) is 5.56 Å². The standard InChI is InChI=1S/C15H9ClN2O2S/c16-6-12-17-14(19)13-9(7-21-15(13)18-12)11-5-8-3-1-2-4-10(8)20-11/h1-5,7H,6H2,(H,17,18,19). The molecule has 0 radical (unpaired) electrons. The normalized spacial score (nSPS) is 11.5. The van der Waals surface area contributed by atoms with Crippen LogP contribution < -0.4 is 5.56 Å². The fourth-order valence-corrected chi connectivity index (χ4v) is 3.43. The molecule has 0 atom stereocenters. The van der Waals surface area contributed by atoms with Crippen molar-refractivity contribution < 1.29 is 4.42 Å². The van der Waals surface area contributed by atoms with Gasteiger partial charge in [0.1, 0.15) is 22.0 Å². The summed E-state index contributed by atoms with van der Waals surface area (Å²) in [6.45, 7) is 0. The van der Waals surface area contributed by atoms with Gasteiger partial charge in [-0.15, -0.1) is 22.9 Å². The fourth-order valence-electron chi connectivity index (χ4n) is 2.35. The van der Waals surface area contributed by atoms with E-state index in [1.54, 1.807) is 0 Å². The Morgan fingerprint density at radius 2 is 2.19 bits per heavy atom. The van der Waals surface area contributed by atoms with Crippen molar-refractivity contribution in [1.82, 2.24) is 9.97 Å². The van der Waals surface area contributed by atoms with Gasteiger partial charge in [-0.25, -0.2) is 4.98 Å². The lowest BCUT2D eigenvalue weighted by atomic mass is 10.2. The number of nitrogens with zero attached hydrogens (tertiary/aromatic N) is 1. The topological polar surface area (TPSA) is 58.9 Å². The van der Waals surface area contributed by atoms with Crippen molar-refractivity contribution in [2.24, 2.45) is 0 Å². The van der Waals surface area contributed by atoms with Crippen LogP contribution >= 0.6 is 22.9 Å². The van der Waals surface area contributed by atoms with E-state index >= 15 is 0 Å². The van der Waals surface area contributed by atoms with Gasteiger partial charge in [-0.05, 0) is 12.1 Å². The van der Waals surface area contributed by atoms with Crippen LogP contribution in [0.4, 0.5) is 0 Å². The minimum atomic E-state index is -0.188.